The number of esters is 1. The Labute approximate surface area is 221 Å². The molecule has 0 fully saturated rings. The lowest BCUT2D eigenvalue weighted by Gasteiger charge is -2.39. The number of carbonyl (C=O) groups excluding carboxylic acids is 3. The van der Waals surface area contributed by atoms with E-state index in [2.05, 4.69) is 10.6 Å². The van der Waals surface area contributed by atoms with Gasteiger partial charge < -0.3 is 20.3 Å². The maximum Gasteiger partial charge on any atom is 0.319 e. The molecule has 0 saturated heterocycles. The highest BCUT2D eigenvalue weighted by Gasteiger charge is 2.38. The number of methoxy groups -OCH3 is 1. The summed E-state index contributed by atoms with van der Waals surface area (Å²) in [6.07, 6.45) is 0.593. The fraction of sp³-hybridized carbons (Fsp3) is 0.276. The van der Waals surface area contributed by atoms with Gasteiger partial charge in [-0.2, -0.15) is 0 Å². The van der Waals surface area contributed by atoms with E-state index in [1.165, 1.54) is 7.11 Å². The van der Waals surface area contributed by atoms with Gasteiger partial charge in [0.1, 0.15) is 6.04 Å². The minimum Gasteiger partial charge on any atom is -0.469 e. The van der Waals surface area contributed by atoms with Crippen LogP contribution in [0.5, 0.6) is 0 Å². The number of hydrogen-bond acceptors (Lipinski definition) is 4. The Morgan fingerprint density at radius 3 is 2.41 bits per heavy atom. The summed E-state index contributed by atoms with van der Waals surface area (Å²) in [7, 11) is 1.34. The number of carbonyl (C=O) groups is 3. The second-order valence-electron chi connectivity index (χ2n) is 9.16. The fourth-order valence-corrected chi connectivity index (χ4v) is 4.90. The molecule has 0 aliphatic carbocycles. The molecule has 1 heterocycles. The number of halogens is 1. The van der Waals surface area contributed by atoms with Gasteiger partial charge in [0.15, 0.2) is 0 Å². The highest BCUT2D eigenvalue weighted by atomic mass is 35.5. The zero-order valence-electron chi connectivity index (χ0n) is 20.8. The predicted molar refractivity (Wildman–Crippen MR) is 143 cm³/mol. The molecule has 0 spiro atoms. The molecule has 0 saturated carbocycles. The van der Waals surface area contributed by atoms with Gasteiger partial charge in [-0.25, -0.2) is 4.79 Å². The van der Waals surface area contributed by atoms with Crippen LogP contribution in [0.3, 0.4) is 0 Å². The fourth-order valence-electron chi connectivity index (χ4n) is 4.71. The van der Waals surface area contributed by atoms with Crippen molar-refractivity contribution < 1.29 is 19.1 Å². The monoisotopic (exact) mass is 519 g/mol. The first-order chi connectivity index (χ1) is 17.9. The summed E-state index contributed by atoms with van der Waals surface area (Å²) in [6.45, 7) is 2.25. The number of nitrogens with zero attached hydrogens (tertiary/aromatic N) is 1. The summed E-state index contributed by atoms with van der Waals surface area (Å²) < 4.78 is 4.92. The Kier molecular flexibility index (Phi) is 8.46. The standard InChI is InChI=1S/C29H30ClN3O4/c1-19(20-9-4-3-5-10-20)27(32-29(36)31-24-14-8-13-23(30)16-24)28(35)33-18-22-12-7-6-11-21(22)15-25(33)17-26(34)37-2/h3-14,16,19,25,27H,15,17-18H2,1-2H3,(H2,31,32,36)/t19-,25-,27+/m1/s1. The molecule has 0 unspecified atom stereocenters. The molecule has 0 aromatic heterocycles. The number of hydrogen-bond donors (Lipinski definition) is 2. The third-order valence-corrected chi connectivity index (χ3v) is 6.96. The first-order valence-corrected chi connectivity index (χ1v) is 12.6. The third kappa shape index (κ3) is 6.49. The molecule has 3 amide bonds. The quantitative estimate of drug-likeness (QED) is 0.422. The van der Waals surface area contributed by atoms with E-state index >= 15 is 0 Å². The van der Waals surface area contributed by atoms with Crippen LogP contribution in [0.1, 0.15) is 36.0 Å². The van der Waals surface area contributed by atoms with E-state index in [1.54, 1.807) is 29.2 Å². The van der Waals surface area contributed by atoms with E-state index in [4.69, 9.17) is 16.3 Å². The normalized spacial score (nSPS) is 16.2. The number of fused-ring (bicyclic) bond motifs is 1. The van der Waals surface area contributed by atoms with Crippen LogP contribution in [0.15, 0.2) is 78.9 Å². The van der Waals surface area contributed by atoms with Crippen molar-refractivity contribution in [2.24, 2.45) is 0 Å². The first-order valence-electron chi connectivity index (χ1n) is 12.2. The molecule has 4 rings (SSSR count). The summed E-state index contributed by atoms with van der Waals surface area (Å²) in [5, 5.41) is 6.14. The molecule has 37 heavy (non-hydrogen) atoms. The summed E-state index contributed by atoms with van der Waals surface area (Å²) in [4.78, 5) is 41.1. The van der Waals surface area contributed by atoms with Gasteiger partial charge in [-0.3, -0.25) is 9.59 Å². The van der Waals surface area contributed by atoms with Crippen molar-refractivity contribution in [1.29, 1.82) is 0 Å². The van der Waals surface area contributed by atoms with Crippen LogP contribution in [0.4, 0.5) is 10.5 Å². The minimum absolute atomic E-state index is 0.0672. The topological polar surface area (TPSA) is 87.7 Å². The molecule has 0 radical (unpaired) electrons. The van der Waals surface area contributed by atoms with Crippen molar-refractivity contribution >= 4 is 35.2 Å². The number of anilines is 1. The Bertz CT molecular complexity index is 1270. The molecule has 2 N–H and O–H groups in total. The van der Waals surface area contributed by atoms with Crippen LogP contribution >= 0.6 is 11.6 Å². The van der Waals surface area contributed by atoms with E-state index in [9.17, 15) is 14.4 Å². The first kappa shape index (κ1) is 26.2. The van der Waals surface area contributed by atoms with Crippen molar-refractivity contribution in [3.8, 4) is 0 Å². The van der Waals surface area contributed by atoms with Crippen LogP contribution in [-0.4, -0.2) is 42.0 Å². The van der Waals surface area contributed by atoms with Crippen LogP contribution in [0.2, 0.25) is 5.02 Å². The Morgan fingerprint density at radius 2 is 1.70 bits per heavy atom. The van der Waals surface area contributed by atoms with Crippen molar-refractivity contribution in [2.45, 2.75) is 44.3 Å². The lowest BCUT2D eigenvalue weighted by molar-refractivity contribution is -0.145. The Morgan fingerprint density at radius 1 is 1.00 bits per heavy atom. The largest absolute Gasteiger partial charge is 0.469 e. The molecule has 1 aliphatic rings. The van der Waals surface area contributed by atoms with E-state index in [0.717, 1.165) is 16.7 Å². The lowest BCUT2D eigenvalue weighted by atomic mass is 9.88. The molecule has 3 aromatic carbocycles. The molecular formula is C29H30ClN3O4. The van der Waals surface area contributed by atoms with Crippen molar-refractivity contribution in [1.82, 2.24) is 10.2 Å². The van der Waals surface area contributed by atoms with Gasteiger partial charge in [-0.05, 0) is 41.3 Å². The molecule has 0 bridgehead atoms. The molecule has 3 aromatic rings. The number of ether oxygens (including phenoxy) is 1. The molecule has 1 aliphatic heterocycles. The van der Waals surface area contributed by atoms with E-state index in [0.29, 0.717) is 23.7 Å². The van der Waals surface area contributed by atoms with Gasteiger partial charge in [0.05, 0.1) is 13.5 Å². The number of nitrogens with one attached hydrogen (secondary N) is 2. The van der Waals surface area contributed by atoms with Crippen molar-refractivity contribution in [2.75, 3.05) is 12.4 Å². The third-order valence-electron chi connectivity index (χ3n) is 6.73. The summed E-state index contributed by atoms with van der Waals surface area (Å²) in [5.41, 5.74) is 3.54. The van der Waals surface area contributed by atoms with Gasteiger partial charge in [0.25, 0.3) is 0 Å². The average molecular weight is 520 g/mol. The summed E-state index contributed by atoms with van der Waals surface area (Å²) in [5.74, 6) is -0.989. The number of urea groups is 1. The number of amides is 3. The SMILES string of the molecule is COC(=O)C[C@H]1Cc2ccccc2CN1C(=O)[C@@H](NC(=O)Nc1cccc(Cl)c1)[C@H](C)c1ccccc1. The maximum absolute atomic E-state index is 14.2. The van der Waals surface area contributed by atoms with Gasteiger partial charge in [-0.1, -0.05) is 79.2 Å². The Balaban J connectivity index is 1.64. The summed E-state index contributed by atoms with van der Waals surface area (Å²) >= 11 is 6.06. The molecule has 3 atom stereocenters. The van der Waals surface area contributed by atoms with E-state index in [-0.39, 0.29) is 24.2 Å². The van der Waals surface area contributed by atoms with Gasteiger partial charge >= 0.3 is 12.0 Å². The van der Waals surface area contributed by atoms with Gasteiger partial charge in [0.2, 0.25) is 5.91 Å². The van der Waals surface area contributed by atoms with Crippen LogP contribution < -0.4 is 10.6 Å². The maximum atomic E-state index is 14.2. The van der Waals surface area contributed by atoms with Crippen LogP contribution in [0, 0.1) is 0 Å². The lowest BCUT2D eigenvalue weighted by Crippen LogP contribution is -2.56. The van der Waals surface area contributed by atoms with Crippen LogP contribution in [-0.2, 0) is 27.3 Å². The van der Waals surface area contributed by atoms with Gasteiger partial charge in [0, 0.05) is 29.2 Å². The minimum atomic E-state index is -0.882. The zero-order chi connectivity index (χ0) is 26.4. The van der Waals surface area contributed by atoms with E-state index < -0.39 is 18.1 Å². The average Bonchev–Trinajstić information content (AvgIpc) is 2.91. The second-order valence-corrected chi connectivity index (χ2v) is 9.60. The molecule has 192 valence electrons. The smallest absolute Gasteiger partial charge is 0.319 e. The van der Waals surface area contributed by atoms with Crippen LogP contribution in [0.25, 0.3) is 0 Å². The molecule has 8 heteroatoms. The molecular weight excluding hydrogens is 490 g/mol. The summed E-state index contributed by atoms with van der Waals surface area (Å²) in [6, 6.07) is 22.4. The predicted octanol–water partition coefficient (Wildman–Crippen LogP) is 5.15. The zero-order valence-corrected chi connectivity index (χ0v) is 21.6. The number of benzene rings is 3. The second kappa shape index (κ2) is 11.9. The van der Waals surface area contributed by atoms with E-state index in [1.807, 2.05) is 61.5 Å². The highest BCUT2D eigenvalue weighted by Crippen LogP contribution is 2.29. The van der Waals surface area contributed by atoms with Crippen molar-refractivity contribution in [3.63, 3.8) is 0 Å². The van der Waals surface area contributed by atoms with Gasteiger partial charge in [-0.15, -0.1) is 0 Å². The van der Waals surface area contributed by atoms with Crippen molar-refractivity contribution in [3.05, 3.63) is 101 Å². The molecule has 7 nitrogen and oxygen atoms in total. The Hall–Kier alpha value is -3.84. The highest BCUT2D eigenvalue weighted by molar-refractivity contribution is 6.30. The number of rotatable bonds is 7.